The fourth-order valence-corrected chi connectivity index (χ4v) is 5.17. The van der Waals surface area contributed by atoms with Crippen LogP contribution in [0.1, 0.15) is 24.6 Å². The van der Waals surface area contributed by atoms with E-state index >= 15 is 0 Å². The Bertz CT molecular complexity index is 1190. The fraction of sp³-hybridized carbons (Fsp3) is 0.217. The molecule has 0 spiro atoms. The smallest absolute Gasteiger partial charge is 0.194 e. The van der Waals surface area contributed by atoms with Gasteiger partial charge in [-0.15, -0.1) is 5.10 Å². The molecule has 0 aliphatic carbocycles. The molecule has 1 fully saturated rings. The van der Waals surface area contributed by atoms with Gasteiger partial charge >= 0.3 is 0 Å². The average molecular weight is 413 g/mol. The Kier molecular flexibility index (Phi) is 4.35. The molecule has 2 aliphatic heterocycles. The molecule has 3 aromatic heterocycles. The standard InChI is InChI=1S/C23H20N6S/c1-2-7-16(8-3-1)18-13-19-21(25-15-18)30-23-26-20(17-9-6-10-24-14-17)27-29(23)22(19)28-11-4-5-12-28/h1-3,6-10,13-15,22H,4-5,11-12H2/t22-/m1/s1. The van der Waals surface area contributed by atoms with Crippen molar-refractivity contribution in [1.82, 2.24) is 29.6 Å². The molecule has 4 aromatic rings. The summed E-state index contributed by atoms with van der Waals surface area (Å²) in [4.78, 5) is 16.4. The number of hydrogen-bond donors (Lipinski definition) is 0. The molecular formula is C23H20N6S. The zero-order chi connectivity index (χ0) is 19.9. The van der Waals surface area contributed by atoms with E-state index in [4.69, 9.17) is 15.1 Å². The number of rotatable bonds is 3. The highest BCUT2D eigenvalue weighted by Crippen LogP contribution is 2.43. The number of likely N-dealkylation sites (tertiary alicyclic amines) is 1. The molecule has 6 rings (SSSR count). The summed E-state index contributed by atoms with van der Waals surface area (Å²) in [6.07, 6.45) is 8.00. The summed E-state index contributed by atoms with van der Waals surface area (Å²) in [6.45, 7) is 2.12. The maximum atomic E-state index is 4.92. The lowest BCUT2D eigenvalue weighted by Gasteiger charge is -2.32. The Hall–Kier alpha value is -3.03. The molecule has 30 heavy (non-hydrogen) atoms. The first kappa shape index (κ1) is 17.8. The van der Waals surface area contributed by atoms with Gasteiger partial charge in [-0.05, 0) is 48.4 Å². The minimum atomic E-state index is 0.0211. The van der Waals surface area contributed by atoms with Gasteiger partial charge in [0.25, 0.3) is 0 Å². The van der Waals surface area contributed by atoms with Crippen molar-refractivity contribution in [2.45, 2.75) is 29.2 Å². The van der Waals surface area contributed by atoms with E-state index in [0.29, 0.717) is 5.82 Å². The van der Waals surface area contributed by atoms with Crippen molar-refractivity contribution in [1.29, 1.82) is 0 Å². The predicted octanol–water partition coefficient (Wildman–Crippen LogP) is 4.51. The van der Waals surface area contributed by atoms with Gasteiger partial charge in [0.15, 0.2) is 11.0 Å². The van der Waals surface area contributed by atoms with Crippen molar-refractivity contribution in [2.24, 2.45) is 0 Å². The van der Waals surface area contributed by atoms with Gasteiger partial charge in [0.05, 0.1) is 0 Å². The highest BCUT2D eigenvalue weighted by atomic mass is 32.2. The normalized spacial score (nSPS) is 18.2. The van der Waals surface area contributed by atoms with Gasteiger partial charge in [-0.1, -0.05) is 30.3 Å². The van der Waals surface area contributed by atoms with E-state index in [0.717, 1.165) is 34.4 Å². The first-order valence-corrected chi connectivity index (χ1v) is 11.0. The maximum absolute atomic E-state index is 4.92. The zero-order valence-corrected chi connectivity index (χ0v) is 17.2. The molecule has 0 N–H and O–H groups in total. The first-order valence-electron chi connectivity index (χ1n) is 10.2. The molecular weight excluding hydrogens is 392 g/mol. The predicted molar refractivity (Wildman–Crippen MR) is 116 cm³/mol. The average Bonchev–Trinajstić information content (AvgIpc) is 3.48. The SMILES string of the molecule is c1ccc(-c2cnc3c(c2)[C@H](N2CCCC2)n2nc(-c4cccnc4)nc2S3)cc1. The summed E-state index contributed by atoms with van der Waals surface area (Å²) in [5.41, 5.74) is 4.45. The van der Waals surface area contributed by atoms with Crippen molar-refractivity contribution in [3.05, 3.63) is 72.7 Å². The van der Waals surface area contributed by atoms with Crippen molar-refractivity contribution >= 4 is 11.8 Å². The quantitative estimate of drug-likeness (QED) is 0.493. The Balaban J connectivity index is 1.48. The van der Waals surface area contributed by atoms with Crippen LogP contribution in [0.25, 0.3) is 22.5 Å². The highest BCUT2D eigenvalue weighted by molar-refractivity contribution is 7.99. The number of nitrogens with zero attached hydrogens (tertiary/aromatic N) is 6. The van der Waals surface area contributed by atoms with Gasteiger partial charge < -0.3 is 0 Å². The molecule has 0 amide bonds. The summed E-state index contributed by atoms with van der Waals surface area (Å²) in [5, 5.41) is 6.83. The molecule has 0 radical (unpaired) electrons. The number of benzene rings is 1. The summed E-state index contributed by atoms with van der Waals surface area (Å²) < 4.78 is 2.08. The number of aromatic nitrogens is 5. The van der Waals surface area contributed by atoms with Crippen LogP contribution in [0.5, 0.6) is 0 Å². The fourth-order valence-electron chi connectivity index (χ4n) is 4.24. The lowest BCUT2D eigenvalue weighted by Crippen LogP contribution is -2.34. The Labute approximate surface area is 179 Å². The molecule has 6 nitrogen and oxygen atoms in total. The number of hydrogen-bond acceptors (Lipinski definition) is 6. The minimum absolute atomic E-state index is 0.0211. The van der Waals surface area contributed by atoms with E-state index in [1.165, 1.54) is 24.0 Å². The first-order chi connectivity index (χ1) is 14.9. The Morgan fingerprint density at radius 1 is 0.900 bits per heavy atom. The van der Waals surface area contributed by atoms with E-state index in [1.807, 2.05) is 30.6 Å². The molecule has 148 valence electrons. The van der Waals surface area contributed by atoms with Crippen LogP contribution in [0.4, 0.5) is 0 Å². The lowest BCUT2D eigenvalue weighted by atomic mass is 10.0. The van der Waals surface area contributed by atoms with E-state index in [-0.39, 0.29) is 6.17 Å². The van der Waals surface area contributed by atoms with E-state index in [9.17, 15) is 0 Å². The van der Waals surface area contributed by atoms with Crippen LogP contribution in [0.3, 0.4) is 0 Å². The van der Waals surface area contributed by atoms with Gasteiger partial charge in [0.1, 0.15) is 11.2 Å². The van der Waals surface area contributed by atoms with Gasteiger partial charge in [-0.25, -0.2) is 14.6 Å². The third-order valence-electron chi connectivity index (χ3n) is 5.69. The number of fused-ring (bicyclic) bond motifs is 2. The molecule has 0 bridgehead atoms. The largest absolute Gasteiger partial charge is 0.278 e. The molecule has 0 saturated carbocycles. The second-order valence-corrected chi connectivity index (χ2v) is 8.56. The summed E-state index contributed by atoms with van der Waals surface area (Å²) in [5.74, 6) is 0.714. The minimum Gasteiger partial charge on any atom is -0.278 e. The van der Waals surface area contributed by atoms with Crippen LogP contribution in [0.2, 0.25) is 0 Å². The van der Waals surface area contributed by atoms with Crippen molar-refractivity contribution in [3.63, 3.8) is 0 Å². The van der Waals surface area contributed by atoms with Crippen LogP contribution < -0.4 is 0 Å². The second kappa shape index (κ2) is 7.34. The van der Waals surface area contributed by atoms with Gasteiger partial charge in [-0.3, -0.25) is 9.88 Å². The molecule has 1 aromatic carbocycles. The summed E-state index contributed by atoms with van der Waals surface area (Å²) >= 11 is 1.60. The summed E-state index contributed by atoms with van der Waals surface area (Å²) in [7, 11) is 0. The third kappa shape index (κ3) is 3.02. The maximum Gasteiger partial charge on any atom is 0.194 e. The Morgan fingerprint density at radius 2 is 1.73 bits per heavy atom. The van der Waals surface area contributed by atoms with Crippen LogP contribution in [0, 0.1) is 0 Å². The van der Waals surface area contributed by atoms with Crippen LogP contribution in [-0.2, 0) is 0 Å². The monoisotopic (exact) mass is 412 g/mol. The van der Waals surface area contributed by atoms with Gasteiger partial charge in [0.2, 0.25) is 0 Å². The van der Waals surface area contributed by atoms with Crippen LogP contribution in [0.15, 0.2) is 77.3 Å². The zero-order valence-electron chi connectivity index (χ0n) is 16.3. The van der Waals surface area contributed by atoms with Gasteiger partial charge in [-0.2, -0.15) is 0 Å². The number of pyridine rings is 2. The van der Waals surface area contributed by atoms with Crippen molar-refractivity contribution < 1.29 is 0 Å². The molecule has 7 heteroatoms. The summed E-state index contributed by atoms with van der Waals surface area (Å²) in [6, 6.07) is 16.6. The molecule has 5 heterocycles. The topological polar surface area (TPSA) is 59.7 Å². The van der Waals surface area contributed by atoms with Crippen molar-refractivity contribution in [2.75, 3.05) is 13.1 Å². The van der Waals surface area contributed by atoms with Gasteiger partial charge in [0, 0.05) is 48.4 Å². The second-order valence-electron chi connectivity index (χ2n) is 7.61. The van der Waals surface area contributed by atoms with Crippen LogP contribution in [-0.4, -0.2) is 42.7 Å². The molecule has 2 aliphatic rings. The molecule has 1 saturated heterocycles. The van der Waals surface area contributed by atoms with E-state index < -0.39 is 0 Å². The third-order valence-corrected chi connectivity index (χ3v) is 6.69. The molecule has 1 atom stereocenters. The highest BCUT2D eigenvalue weighted by Gasteiger charge is 2.35. The van der Waals surface area contributed by atoms with Crippen molar-refractivity contribution in [3.8, 4) is 22.5 Å². The lowest BCUT2D eigenvalue weighted by molar-refractivity contribution is 0.182. The van der Waals surface area contributed by atoms with Crippen LogP contribution >= 0.6 is 11.8 Å². The molecule has 0 unspecified atom stereocenters. The van der Waals surface area contributed by atoms with E-state index in [2.05, 4.69) is 44.9 Å². The van der Waals surface area contributed by atoms with E-state index in [1.54, 1.807) is 18.0 Å². The Morgan fingerprint density at radius 3 is 2.53 bits per heavy atom.